The third kappa shape index (κ3) is 2.96. The summed E-state index contributed by atoms with van der Waals surface area (Å²) < 4.78 is 5.62. The molecule has 0 bridgehead atoms. The van der Waals surface area contributed by atoms with Crippen molar-refractivity contribution >= 4 is 11.6 Å². The van der Waals surface area contributed by atoms with Gasteiger partial charge in [0.05, 0.1) is 28.5 Å². The third-order valence-corrected chi connectivity index (χ3v) is 4.98. The fraction of sp³-hybridized carbons (Fsp3) is 0.250. The van der Waals surface area contributed by atoms with E-state index in [4.69, 9.17) is 16.7 Å². The van der Waals surface area contributed by atoms with Crippen LogP contribution < -0.4 is 0 Å². The van der Waals surface area contributed by atoms with Crippen molar-refractivity contribution in [2.45, 2.75) is 20.8 Å². The summed E-state index contributed by atoms with van der Waals surface area (Å²) >= 11 is 6.09. The van der Waals surface area contributed by atoms with E-state index in [9.17, 15) is 0 Å². The molecule has 0 fully saturated rings. The standard InChI is InChI=1S/C20H21ClN6/c1-12-19(17-10-25(4)22-13(17)2)24-27(16-8-6-15(21)7-9-16)20(12)18-11-26(5)23-14(18)3/h6-11H,1-5H3. The van der Waals surface area contributed by atoms with Gasteiger partial charge in [-0.2, -0.15) is 15.3 Å². The fourth-order valence-electron chi connectivity index (χ4n) is 3.50. The van der Waals surface area contributed by atoms with E-state index in [2.05, 4.69) is 17.1 Å². The summed E-state index contributed by atoms with van der Waals surface area (Å²) in [6.45, 7) is 6.12. The van der Waals surface area contributed by atoms with Gasteiger partial charge in [-0.3, -0.25) is 9.36 Å². The van der Waals surface area contributed by atoms with Crippen LogP contribution in [0.25, 0.3) is 28.2 Å². The highest BCUT2D eigenvalue weighted by atomic mass is 35.5. The molecule has 0 aliphatic rings. The predicted octanol–water partition coefficient (Wildman–Crippen LogP) is 4.25. The number of nitrogens with zero attached hydrogens (tertiary/aromatic N) is 6. The first-order valence-electron chi connectivity index (χ1n) is 8.72. The molecular weight excluding hydrogens is 360 g/mol. The van der Waals surface area contributed by atoms with Gasteiger partial charge in [0.15, 0.2) is 0 Å². The number of hydrogen-bond acceptors (Lipinski definition) is 3. The van der Waals surface area contributed by atoms with Crippen LogP contribution in [0.15, 0.2) is 36.7 Å². The number of hydrogen-bond donors (Lipinski definition) is 0. The Hall–Kier alpha value is -2.86. The van der Waals surface area contributed by atoms with Crippen LogP contribution in [0, 0.1) is 20.8 Å². The number of aromatic nitrogens is 6. The van der Waals surface area contributed by atoms with Gasteiger partial charge in [-0.25, -0.2) is 4.68 Å². The minimum absolute atomic E-state index is 0.699. The van der Waals surface area contributed by atoms with Crippen molar-refractivity contribution in [2.75, 3.05) is 0 Å². The van der Waals surface area contributed by atoms with Crippen molar-refractivity contribution in [1.29, 1.82) is 0 Å². The molecule has 3 aromatic heterocycles. The van der Waals surface area contributed by atoms with Crippen molar-refractivity contribution in [3.63, 3.8) is 0 Å². The Balaban J connectivity index is 2.02. The lowest BCUT2D eigenvalue weighted by Gasteiger charge is -2.08. The fourth-order valence-corrected chi connectivity index (χ4v) is 3.63. The van der Waals surface area contributed by atoms with Gasteiger partial charge in [-0.15, -0.1) is 0 Å². The highest BCUT2D eigenvalue weighted by molar-refractivity contribution is 6.30. The summed E-state index contributed by atoms with van der Waals surface area (Å²) in [5.41, 5.74) is 8.01. The van der Waals surface area contributed by atoms with Crippen LogP contribution in [0.4, 0.5) is 0 Å². The molecule has 0 aliphatic heterocycles. The van der Waals surface area contributed by atoms with Crippen molar-refractivity contribution in [3.05, 3.63) is 58.6 Å². The maximum atomic E-state index is 6.09. The van der Waals surface area contributed by atoms with Gasteiger partial charge in [0.25, 0.3) is 0 Å². The predicted molar refractivity (Wildman–Crippen MR) is 107 cm³/mol. The molecule has 0 unspecified atom stereocenters. The van der Waals surface area contributed by atoms with Crippen LogP contribution in [-0.4, -0.2) is 29.3 Å². The molecule has 138 valence electrons. The lowest BCUT2D eigenvalue weighted by atomic mass is 10.0. The molecule has 1 aromatic carbocycles. The van der Waals surface area contributed by atoms with Gasteiger partial charge >= 0.3 is 0 Å². The maximum absolute atomic E-state index is 6.09. The largest absolute Gasteiger partial charge is 0.275 e. The molecule has 4 aromatic rings. The molecule has 0 amide bonds. The lowest BCUT2D eigenvalue weighted by molar-refractivity contribution is 0.756. The second kappa shape index (κ2) is 6.39. The molecule has 0 N–H and O–H groups in total. The monoisotopic (exact) mass is 380 g/mol. The van der Waals surface area contributed by atoms with E-state index in [1.807, 2.05) is 78.6 Å². The number of rotatable bonds is 3. The van der Waals surface area contributed by atoms with E-state index in [1.165, 1.54) is 0 Å². The molecule has 3 heterocycles. The van der Waals surface area contributed by atoms with E-state index < -0.39 is 0 Å². The van der Waals surface area contributed by atoms with Crippen molar-refractivity contribution < 1.29 is 0 Å². The lowest BCUT2D eigenvalue weighted by Crippen LogP contribution is -1.99. The zero-order chi connectivity index (χ0) is 19.3. The summed E-state index contributed by atoms with van der Waals surface area (Å²) in [4.78, 5) is 0. The van der Waals surface area contributed by atoms with Gasteiger partial charge in [-0.05, 0) is 45.0 Å². The molecule has 0 saturated carbocycles. The molecule has 0 aliphatic carbocycles. The summed E-state index contributed by atoms with van der Waals surface area (Å²) in [6, 6.07) is 7.71. The minimum atomic E-state index is 0.699. The number of halogens is 1. The Kier molecular flexibility index (Phi) is 4.15. The Morgan fingerprint density at radius 2 is 1.33 bits per heavy atom. The second-order valence-corrected chi connectivity index (χ2v) is 7.25. The van der Waals surface area contributed by atoms with Crippen LogP contribution in [0.5, 0.6) is 0 Å². The Bertz CT molecular complexity index is 1130. The minimum Gasteiger partial charge on any atom is -0.275 e. The smallest absolute Gasteiger partial charge is 0.0997 e. The average Bonchev–Trinajstić information content (AvgIpc) is 3.23. The second-order valence-electron chi connectivity index (χ2n) is 6.81. The van der Waals surface area contributed by atoms with E-state index in [-0.39, 0.29) is 0 Å². The van der Waals surface area contributed by atoms with E-state index in [0.29, 0.717) is 5.02 Å². The van der Waals surface area contributed by atoms with Gasteiger partial charge < -0.3 is 0 Å². The zero-order valence-electron chi connectivity index (χ0n) is 16.0. The van der Waals surface area contributed by atoms with Crippen LogP contribution in [0.3, 0.4) is 0 Å². The highest BCUT2D eigenvalue weighted by Gasteiger charge is 2.23. The molecule has 6 nitrogen and oxygen atoms in total. The molecule has 27 heavy (non-hydrogen) atoms. The first kappa shape index (κ1) is 17.5. The molecule has 7 heteroatoms. The van der Waals surface area contributed by atoms with Crippen LogP contribution in [-0.2, 0) is 14.1 Å². The van der Waals surface area contributed by atoms with Crippen molar-refractivity contribution in [1.82, 2.24) is 29.3 Å². The Morgan fingerprint density at radius 3 is 1.85 bits per heavy atom. The van der Waals surface area contributed by atoms with E-state index >= 15 is 0 Å². The number of aryl methyl sites for hydroxylation is 4. The van der Waals surface area contributed by atoms with Crippen molar-refractivity contribution in [3.8, 4) is 28.2 Å². The molecule has 0 saturated heterocycles. The van der Waals surface area contributed by atoms with Crippen molar-refractivity contribution in [2.24, 2.45) is 14.1 Å². The normalized spacial score (nSPS) is 11.3. The van der Waals surface area contributed by atoms with Crippen LogP contribution >= 0.6 is 11.6 Å². The first-order valence-corrected chi connectivity index (χ1v) is 9.09. The molecule has 4 rings (SSSR count). The van der Waals surface area contributed by atoms with Gasteiger partial charge in [-0.1, -0.05) is 11.6 Å². The molecular formula is C20H21ClN6. The topological polar surface area (TPSA) is 53.5 Å². The quantitative estimate of drug-likeness (QED) is 0.533. The third-order valence-electron chi connectivity index (χ3n) is 4.73. The summed E-state index contributed by atoms with van der Waals surface area (Å²) in [6.07, 6.45) is 4.04. The summed E-state index contributed by atoms with van der Waals surface area (Å²) in [5.74, 6) is 0. The SMILES string of the molecule is Cc1nn(C)cc1-c1nn(-c2ccc(Cl)cc2)c(-c2cn(C)nc2C)c1C. The van der Waals surface area contributed by atoms with Crippen LogP contribution in [0.1, 0.15) is 17.0 Å². The highest BCUT2D eigenvalue weighted by Crippen LogP contribution is 2.35. The van der Waals surface area contributed by atoms with Gasteiger partial charge in [0.1, 0.15) is 0 Å². The van der Waals surface area contributed by atoms with E-state index in [0.717, 1.165) is 45.2 Å². The van der Waals surface area contributed by atoms with Gasteiger partial charge in [0, 0.05) is 48.2 Å². The summed E-state index contributed by atoms with van der Waals surface area (Å²) in [7, 11) is 3.86. The Labute approximate surface area is 163 Å². The zero-order valence-corrected chi connectivity index (χ0v) is 16.8. The van der Waals surface area contributed by atoms with E-state index in [1.54, 1.807) is 0 Å². The maximum Gasteiger partial charge on any atom is 0.0997 e. The Morgan fingerprint density at radius 1 is 0.778 bits per heavy atom. The molecule has 0 spiro atoms. The van der Waals surface area contributed by atoms with Crippen LogP contribution in [0.2, 0.25) is 5.02 Å². The molecule has 0 radical (unpaired) electrons. The first-order chi connectivity index (χ1) is 12.8. The van der Waals surface area contributed by atoms with Gasteiger partial charge in [0.2, 0.25) is 0 Å². The molecule has 0 atom stereocenters. The summed E-state index contributed by atoms with van der Waals surface area (Å²) in [5, 5.41) is 14.7. The number of benzene rings is 1. The average molecular weight is 381 g/mol.